The first kappa shape index (κ1) is 11.3. The third kappa shape index (κ3) is 2.30. The molecule has 15 heavy (non-hydrogen) atoms. The standard InChI is InChI=1S/C12H15Cl2N/c1-2-9-7-12(9,15)6-8-3-4-10(13)11(14)5-8/h3-5,9H,2,6-7,15H2,1H3. The summed E-state index contributed by atoms with van der Waals surface area (Å²) in [6.45, 7) is 2.19. The molecule has 2 N–H and O–H groups in total. The zero-order valence-electron chi connectivity index (χ0n) is 8.76. The Morgan fingerprint density at radius 1 is 1.40 bits per heavy atom. The molecular formula is C12H15Cl2N. The molecule has 1 aromatic rings. The minimum Gasteiger partial charge on any atom is -0.325 e. The number of halogens is 2. The van der Waals surface area contributed by atoms with Gasteiger partial charge in [-0.25, -0.2) is 0 Å². The van der Waals surface area contributed by atoms with E-state index in [1.807, 2.05) is 18.2 Å². The number of hydrogen-bond donors (Lipinski definition) is 1. The predicted molar refractivity (Wildman–Crippen MR) is 65.5 cm³/mol. The Hall–Kier alpha value is -0.240. The number of rotatable bonds is 3. The van der Waals surface area contributed by atoms with Crippen molar-refractivity contribution in [3.8, 4) is 0 Å². The molecular weight excluding hydrogens is 229 g/mol. The van der Waals surface area contributed by atoms with E-state index in [-0.39, 0.29) is 5.54 Å². The van der Waals surface area contributed by atoms with E-state index in [0.717, 1.165) is 19.3 Å². The van der Waals surface area contributed by atoms with Gasteiger partial charge in [-0.2, -0.15) is 0 Å². The first-order valence-electron chi connectivity index (χ1n) is 5.28. The molecule has 1 nitrogen and oxygen atoms in total. The smallest absolute Gasteiger partial charge is 0.0595 e. The Morgan fingerprint density at radius 2 is 2.13 bits per heavy atom. The summed E-state index contributed by atoms with van der Waals surface area (Å²) in [5.41, 5.74) is 7.43. The maximum atomic E-state index is 6.25. The number of benzene rings is 1. The van der Waals surface area contributed by atoms with Crippen LogP contribution in [0.1, 0.15) is 25.3 Å². The fourth-order valence-corrected chi connectivity index (χ4v) is 2.52. The third-order valence-electron chi connectivity index (χ3n) is 3.29. The molecule has 1 aromatic carbocycles. The zero-order chi connectivity index (χ0) is 11.1. The Balaban J connectivity index is 2.09. The highest BCUT2D eigenvalue weighted by Gasteiger charge is 2.49. The van der Waals surface area contributed by atoms with E-state index in [2.05, 4.69) is 6.92 Å². The second-order valence-electron chi connectivity index (χ2n) is 4.47. The molecule has 1 aliphatic carbocycles. The van der Waals surface area contributed by atoms with E-state index in [1.165, 1.54) is 5.56 Å². The normalized spacial score (nSPS) is 29.2. The van der Waals surface area contributed by atoms with Crippen molar-refractivity contribution in [1.82, 2.24) is 0 Å². The summed E-state index contributed by atoms with van der Waals surface area (Å²) >= 11 is 11.8. The molecule has 0 amide bonds. The summed E-state index contributed by atoms with van der Waals surface area (Å²) in [4.78, 5) is 0. The fraction of sp³-hybridized carbons (Fsp3) is 0.500. The molecule has 82 valence electrons. The molecule has 0 radical (unpaired) electrons. The first-order valence-corrected chi connectivity index (χ1v) is 6.03. The highest BCUT2D eigenvalue weighted by atomic mass is 35.5. The van der Waals surface area contributed by atoms with Crippen LogP contribution >= 0.6 is 23.2 Å². The van der Waals surface area contributed by atoms with Crippen LogP contribution < -0.4 is 5.73 Å². The van der Waals surface area contributed by atoms with E-state index in [1.54, 1.807) is 0 Å². The van der Waals surface area contributed by atoms with E-state index < -0.39 is 0 Å². The Labute approximate surface area is 101 Å². The molecule has 1 fully saturated rings. The topological polar surface area (TPSA) is 26.0 Å². The van der Waals surface area contributed by atoms with Crippen LogP contribution in [0.15, 0.2) is 18.2 Å². The largest absolute Gasteiger partial charge is 0.325 e. The molecule has 0 spiro atoms. The van der Waals surface area contributed by atoms with Crippen LogP contribution in [-0.2, 0) is 6.42 Å². The summed E-state index contributed by atoms with van der Waals surface area (Å²) in [5.74, 6) is 0.673. The highest BCUT2D eigenvalue weighted by molar-refractivity contribution is 6.42. The van der Waals surface area contributed by atoms with E-state index >= 15 is 0 Å². The van der Waals surface area contributed by atoms with Crippen LogP contribution in [0.3, 0.4) is 0 Å². The average molecular weight is 244 g/mol. The van der Waals surface area contributed by atoms with Crippen molar-refractivity contribution in [2.45, 2.75) is 31.7 Å². The van der Waals surface area contributed by atoms with Crippen molar-refractivity contribution in [3.63, 3.8) is 0 Å². The Bertz CT molecular complexity index is 378. The summed E-state index contributed by atoms with van der Waals surface area (Å²) in [6.07, 6.45) is 3.20. The molecule has 2 unspecified atom stereocenters. The molecule has 3 heteroatoms. The van der Waals surface area contributed by atoms with Gasteiger partial charge in [0, 0.05) is 5.54 Å². The average Bonchev–Trinajstić information content (AvgIpc) is 2.83. The Morgan fingerprint density at radius 3 is 2.67 bits per heavy atom. The van der Waals surface area contributed by atoms with Crippen LogP contribution in [-0.4, -0.2) is 5.54 Å². The molecule has 0 aromatic heterocycles. The van der Waals surface area contributed by atoms with Gasteiger partial charge in [-0.15, -0.1) is 0 Å². The van der Waals surface area contributed by atoms with Crippen molar-refractivity contribution in [3.05, 3.63) is 33.8 Å². The molecule has 2 rings (SSSR count). The number of nitrogens with two attached hydrogens (primary N) is 1. The summed E-state index contributed by atoms with van der Waals surface area (Å²) in [7, 11) is 0. The van der Waals surface area contributed by atoms with Crippen molar-refractivity contribution >= 4 is 23.2 Å². The molecule has 1 saturated carbocycles. The van der Waals surface area contributed by atoms with Crippen molar-refractivity contribution in [1.29, 1.82) is 0 Å². The fourth-order valence-electron chi connectivity index (χ4n) is 2.20. The lowest BCUT2D eigenvalue weighted by atomic mass is 10.0. The van der Waals surface area contributed by atoms with Gasteiger partial charge in [-0.05, 0) is 36.5 Å². The number of hydrogen-bond acceptors (Lipinski definition) is 1. The molecule has 0 heterocycles. The van der Waals surface area contributed by atoms with E-state index in [9.17, 15) is 0 Å². The lowest BCUT2D eigenvalue weighted by Gasteiger charge is -2.11. The van der Waals surface area contributed by atoms with Crippen molar-refractivity contribution in [2.75, 3.05) is 0 Å². The second-order valence-corrected chi connectivity index (χ2v) is 5.28. The lowest BCUT2D eigenvalue weighted by Crippen LogP contribution is -2.27. The summed E-state index contributed by atoms with van der Waals surface area (Å²) < 4.78 is 0. The SMILES string of the molecule is CCC1CC1(N)Cc1ccc(Cl)c(Cl)c1. The Kier molecular flexibility index (Phi) is 2.98. The van der Waals surface area contributed by atoms with Gasteiger partial charge in [0.2, 0.25) is 0 Å². The lowest BCUT2D eigenvalue weighted by molar-refractivity contribution is 0.579. The van der Waals surface area contributed by atoms with Crippen molar-refractivity contribution < 1.29 is 0 Å². The first-order chi connectivity index (χ1) is 7.05. The quantitative estimate of drug-likeness (QED) is 0.862. The van der Waals surface area contributed by atoms with Gasteiger partial charge < -0.3 is 5.73 Å². The van der Waals surface area contributed by atoms with Crippen LogP contribution in [0, 0.1) is 5.92 Å². The monoisotopic (exact) mass is 243 g/mol. The van der Waals surface area contributed by atoms with E-state index in [4.69, 9.17) is 28.9 Å². The van der Waals surface area contributed by atoms with Gasteiger partial charge in [0.15, 0.2) is 0 Å². The van der Waals surface area contributed by atoms with Crippen LogP contribution in [0.2, 0.25) is 10.0 Å². The predicted octanol–water partition coefficient (Wildman–Crippen LogP) is 3.66. The molecule has 0 aliphatic heterocycles. The van der Waals surface area contributed by atoms with Crippen LogP contribution in [0.4, 0.5) is 0 Å². The maximum Gasteiger partial charge on any atom is 0.0595 e. The minimum absolute atomic E-state index is 0.00586. The van der Waals surface area contributed by atoms with Gasteiger partial charge in [0.25, 0.3) is 0 Å². The van der Waals surface area contributed by atoms with Gasteiger partial charge >= 0.3 is 0 Å². The highest BCUT2D eigenvalue weighted by Crippen LogP contribution is 2.45. The zero-order valence-corrected chi connectivity index (χ0v) is 10.3. The third-order valence-corrected chi connectivity index (χ3v) is 4.03. The molecule has 0 saturated heterocycles. The van der Waals surface area contributed by atoms with Crippen LogP contribution in [0.25, 0.3) is 0 Å². The maximum absolute atomic E-state index is 6.25. The minimum atomic E-state index is 0.00586. The van der Waals surface area contributed by atoms with Gasteiger partial charge in [-0.1, -0.05) is 42.6 Å². The van der Waals surface area contributed by atoms with E-state index in [0.29, 0.717) is 16.0 Å². The summed E-state index contributed by atoms with van der Waals surface area (Å²) in [6, 6.07) is 5.77. The second kappa shape index (κ2) is 3.97. The molecule has 1 aliphatic rings. The summed E-state index contributed by atoms with van der Waals surface area (Å²) in [5, 5.41) is 1.22. The van der Waals surface area contributed by atoms with Gasteiger partial charge in [0.05, 0.1) is 10.0 Å². The van der Waals surface area contributed by atoms with Gasteiger partial charge in [0.1, 0.15) is 0 Å². The molecule has 2 atom stereocenters. The van der Waals surface area contributed by atoms with Gasteiger partial charge in [-0.3, -0.25) is 0 Å². The van der Waals surface area contributed by atoms with Crippen LogP contribution in [0.5, 0.6) is 0 Å². The van der Waals surface area contributed by atoms with Crippen molar-refractivity contribution in [2.24, 2.45) is 11.7 Å². The molecule has 0 bridgehead atoms.